The second-order valence-corrected chi connectivity index (χ2v) is 13.0. The van der Waals surface area contributed by atoms with Gasteiger partial charge in [-0.25, -0.2) is 13.4 Å². The third-order valence-corrected chi connectivity index (χ3v) is 9.69. The number of nitrogens with zero attached hydrogens (tertiary/aromatic N) is 4. The Labute approximate surface area is 241 Å². The zero-order valence-electron chi connectivity index (χ0n) is 22.4. The summed E-state index contributed by atoms with van der Waals surface area (Å²) in [6.45, 7) is 4.96. The van der Waals surface area contributed by atoms with Gasteiger partial charge in [-0.2, -0.15) is 18.4 Å². The van der Waals surface area contributed by atoms with Crippen LogP contribution in [0.1, 0.15) is 52.2 Å². The van der Waals surface area contributed by atoms with Crippen molar-refractivity contribution >= 4 is 32.2 Å². The Hall–Kier alpha value is -3.47. The Morgan fingerprint density at radius 1 is 1.10 bits per heavy atom. The first-order valence-electron chi connectivity index (χ1n) is 13.1. The summed E-state index contributed by atoms with van der Waals surface area (Å²) < 4.78 is 62.7. The minimum atomic E-state index is -4.35. The monoisotopic (exact) mass is 605 g/mol. The summed E-state index contributed by atoms with van der Waals surface area (Å²) in [5.74, 6) is -0.398. The molecule has 0 spiro atoms. The van der Waals surface area contributed by atoms with E-state index in [-0.39, 0.29) is 23.0 Å². The van der Waals surface area contributed by atoms with Crippen molar-refractivity contribution in [1.29, 1.82) is 5.26 Å². The lowest BCUT2D eigenvalue weighted by Crippen LogP contribution is -2.30. The highest BCUT2D eigenvalue weighted by atomic mass is 32.2. The van der Waals surface area contributed by atoms with Gasteiger partial charge in [0.15, 0.2) is 15.0 Å². The van der Waals surface area contributed by atoms with Crippen LogP contribution in [0.25, 0.3) is 0 Å². The van der Waals surface area contributed by atoms with Crippen LogP contribution in [-0.4, -0.2) is 56.1 Å². The number of carbonyl (C=O) groups excluding carboxylic acids is 1. The number of nitriles is 1. The van der Waals surface area contributed by atoms with E-state index in [0.29, 0.717) is 35.2 Å². The normalized spacial score (nSPS) is 15.6. The second kappa shape index (κ2) is 13.0. The summed E-state index contributed by atoms with van der Waals surface area (Å²) in [5.41, 5.74) is 0.778. The first-order valence-corrected chi connectivity index (χ1v) is 15.6. The molecular formula is C28H30F3N5O3S2. The Morgan fingerprint density at radius 3 is 2.44 bits per heavy atom. The lowest BCUT2D eigenvalue weighted by atomic mass is 10.0. The summed E-state index contributed by atoms with van der Waals surface area (Å²) in [5, 5.41) is 12.9. The van der Waals surface area contributed by atoms with Crippen LogP contribution in [0.15, 0.2) is 59.6 Å². The predicted octanol–water partition coefficient (Wildman–Crippen LogP) is 5.05. The Balaban J connectivity index is 1.36. The predicted molar refractivity (Wildman–Crippen MR) is 150 cm³/mol. The Kier molecular flexibility index (Phi) is 9.68. The Morgan fingerprint density at radius 2 is 1.80 bits per heavy atom. The topological polar surface area (TPSA) is 106 Å². The number of aromatic nitrogens is 1. The molecule has 0 saturated carbocycles. The molecule has 1 atom stereocenters. The number of nitrogens with one attached hydrogen (secondary N) is 1. The van der Waals surface area contributed by atoms with Crippen LogP contribution in [0.4, 0.5) is 18.3 Å². The number of rotatable bonds is 9. The minimum Gasteiger partial charge on any atom is -0.347 e. The standard InChI is InChI=1S/C28H30F3N5O3S2/c1-2-41(38,39)23-10-6-21(7-11-23)24(12-13-32)34-26(37)25-18-33-27(40-25)36-15-3-14-35(16-17-36)19-20-4-8-22(9-5-20)28(29,30)31/h4-11,18,24H,2-3,12,14-17,19H2,1H3,(H,34,37)/t24-/m0/s1. The SMILES string of the molecule is CCS(=O)(=O)c1ccc([C@H](CC#N)NC(=O)c2cnc(N3CCCN(Cc4ccc(C(F)(F)F)cc4)CC3)s2)cc1. The van der Waals surface area contributed by atoms with Gasteiger partial charge in [-0.05, 0) is 41.8 Å². The van der Waals surface area contributed by atoms with Crippen molar-refractivity contribution in [3.63, 3.8) is 0 Å². The maximum Gasteiger partial charge on any atom is 0.416 e. The third-order valence-electron chi connectivity index (χ3n) is 6.89. The number of benzene rings is 2. The van der Waals surface area contributed by atoms with Crippen molar-refractivity contribution < 1.29 is 26.4 Å². The molecule has 1 fully saturated rings. The molecule has 1 N–H and O–H groups in total. The Bertz CT molecular complexity index is 1480. The van der Waals surface area contributed by atoms with Crippen molar-refractivity contribution in [2.24, 2.45) is 0 Å². The fourth-order valence-electron chi connectivity index (χ4n) is 4.54. The first kappa shape index (κ1) is 30.5. The summed E-state index contributed by atoms with van der Waals surface area (Å²) in [4.78, 5) is 22.3. The lowest BCUT2D eigenvalue weighted by molar-refractivity contribution is -0.137. The van der Waals surface area contributed by atoms with Crippen LogP contribution in [0.5, 0.6) is 0 Å². The third kappa shape index (κ3) is 7.84. The van der Waals surface area contributed by atoms with Gasteiger partial charge in [-0.3, -0.25) is 9.69 Å². The summed E-state index contributed by atoms with van der Waals surface area (Å²) >= 11 is 1.25. The van der Waals surface area contributed by atoms with Crippen molar-refractivity contribution in [3.05, 3.63) is 76.3 Å². The van der Waals surface area contributed by atoms with Gasteiger partial charge in [0.1, 0.15) is 4.88 Å². The molecule has 1 saturated heterocycles. The maximum absolute atomic E-state index is 13.0. The van der Waals surface area contributed by atoms with Gasteiger partial charge in [0.05, 0.1) is 40.9 Å². The van der Waals surface area contributed by atoms with Gasteiger partial charge in [0.2, 0.25) is 0 Å². The molecule has 4 rings (SSSR count). The number of alkyl halides is 3. The highest BCUT2D eigenvalue weighted by molar-refractivity contribution is 7.91. The van der Waals surface area contributed by atoms with Crippen LogP contribution in [0.2, 0.25) is 0 Å². The van der Waals surface area contributed by atoms with E-state index in [1.807, 2.05) is 0 Å². The lowest BCUT2D eigenvalue weighted by Gasteiger charge is -2.21. The molecule has 41 heavy (non-hydrogen) atoms. The molecule has 1 aliphatic heterocycles. The summed E-state index contributed by atoms with van der Waals surface area (Å²) in [6, 6.07) is 12.9. The van der Waals surface area contributed by atoms with Crippen molar-refractivity contribution in [2.75, 3.05) is 36.8 Å². The van der Waals surface area contributed by atoms with E-state index in [0.717, 1.165) is 37.2 Å². The van der Waals surface area contributed by atoms with E-state index in [1.165, 1.54) is 41.8 Å². The maximum atomic E-state index is 13.0. The molecule has 1 aliphatic rings. The fraction of sp³-hybridized carbons (Fsp3) is 0.393. The van der Waals surface area contributed by atoms with E-state index in [1.54, 1.807) is 19.1 Å². The number of carbonyl (C=O) groups is 1. The van der Waals surface area contributed by atoms with Crippen LogP contribution >= 0.6 is 11.3 Å². The van der Waals surface area contributed by atoms with Gasteiger partial charge in [-0.15, -0.1) is 0 Å². The molecule has 2 aromatic carbocycles. The zero-order valence-corrected chi connectivity index (χ0v) is 24.0. The molecule has 3 aromatic rings. The number of hydrogen-bond donors (Lipinski definition) is 1. The second-order valence-electron chi connectivity index (χ2n) is 9.68. The van der Waals surface area contributed by atoms with E-state index >= 15 is 0 Å². The quantitative estimate of drug-likeness (QED) is 0.364. The van der Waals surface area contributed by atoms with Crippen LogP contribution in [0.3, 0.4) is 0 Å². The van der Waals surface area contributed by atoms with Crippen LogP contribution in [-0.2, 0) is 22.6 Å². The molecule has 0 aliphatic carbocycles. The van der Waals surface area contributed by atoms with Gasteiger partial charge in [-0.1, -0.05) is 42.5 Å². The number of sulfone groups is 1. The average Bonchev–Trinajstić information content (AvgIpc) is 3.33. The molecular weight excluding hydrogens is 575 g/mol. The molecule has 1 aromatic heterocycles. The summed E-state index contributed by atoms with van der Waals surface area (Å²) in [7, 11) is -3.36. The molecule has 0 bridgehead atoms. The number of thiazole rings is 1. The van der Waals surface area contributed by atoms with E-state index in [2.05, 4.69) is 26.2 Å². The molecule has 1 amide bonds. The minimum absolute atomic E-state index is 0.0121. The fourth-order valence-corrected chi connectivity index (χ4v) is 6.30. The first-order chi connectivity index (χ1) is 19.5. The van der Waals surface area contributed by atoms with Gasteiger partial charge < -0.3 is 10.2 Å². The van der Waals surface area contributed by atoms with Crippen molar-refractivity contribution in [2.45, 2.75) is 43.4 Å². The smallest absolute Gasteiger partial charge is 0.347 e. The molecule has 8 nitrogen and oxygen atoms in total. The molecule has 218 valence electrons. The molecule has 0 radical (unpaired) electrons. The number of hydrogen-bond acceptors (Lipinski definition) is 8. The van der Waals surface area contributed by atoms with E-state index < -0.39 is 27.6 Å². The zero-order chi connectivity index (χ0) is 29.6. The van der Waals surface area contributed by atoms with E-state index in [9.17, 15) is 31.6 Å². The van der Waals surface area contributed by atoms with Crippen LogP contribution < -0.4 is 10.2 Å². The molecule has 13 heteroatoms. The molecule has 2 heterocycles. The van der Waals surface area contributed by atoms with Crippen LogP contribution in [0, 0.1) is 11.3 Å². The number of amides is 1. The summed E-state index contributed by atoms with van der Waals surface area (Å²) in [6.07, 6.45) is -2.01. The number of halogens is 3. The molecule has 0 unspecified atom stereocenters. The highest BCUT2D eigenvalue weighted by Gasteiger charge is 2.30. The van der Waals surface area contributed by atoms with Crippen molar-refractivity contribution in [1.82, 2.24) is 15.2 Å². The van der Waals surface area contributed by atoms with E-state index in [4.69, 9.17) is 0 Å². The van der Waals surface area contributed by atoms with Gasteiger partial charge in [0.25, 0.3) is 5.91 Å². The van der Waals surface area contributed by atoms with Crippen molar-refractivity contribution in [3.8, 4) is 6.07 Å². The van der Waals surface area contributed by atoms with Gasteiger partial charge >= 0.3 is 6.18 Å². The number of anilines is 1. The average molecular weight is 606 g/mol. The van der Waals surface area contributed by atoms with Gasteiger partial charge in [0, 0.05) is 32.7 Å². The largest absolute Gasteiger partial charge is 0.416 e. The highest BCUT2D eigenvalue weighted by Crippen LogP contribution is 2.30.